The first-order valence-electron chi connectivity index (χ1n) is 13.5. The Morgan fingerprint density at radius 3 is 2.54 bits per heavy atom. The summed E-state index contributed by atoms with van der Waals surface area (Å²) in [7, 11) is 0. The van der Waals surface area contributed by atoms with Crippen molar-refractivity contribution >= 4 is 45.8 Å². The minimum absolute atomic E-state index is 0.166. The number of esters is 1. The van der Waals surface area contributed by atoms with Gasteiger partial charge >= 0.3 is 5.97 Å². The Morgan fingerprint density at radius 1 is 1.00 bits per heavy atom. The number of benzene rings is 2. The Hall–Kier alpha value is -2.74. The molecule has 1 fully saturated rings. The molecule has 1 aliphatic heterocycles. The van der Waals surface area contributed by atoms with Gasteiger partial charge < -0.3 is 19.1 Å². The van der Waals surface area contributed by atoms with Gasteiger partial charge in [0, 0.05) is 43.7 Å². The molecule has 3 aromatic rings. The van der Waals surface area contributed by atoms with Gasteiger partial charge in [0.05, 0.1) is 33.3 Å². The van der Waals surface area contributed by atoms with E-state index in [4.69, 9.17) is 37.4 Å². The summed E-state index contributed by atoms with van der Waals surface area (Å²) in [5.74, 6) is 0.890. The molecule has 0 amide bonds. The SMILES string of the molecule is CCC(C)(C)C(=O)OCOc1ccc2ccc(OCCCCN3CCN(c4cccc(Cl)c4Cl)CC3)cc2n1. The van der Waals surface area contributed by atoms with Crippen molar-refractivity contribution in [1.82, 2.24) is 9.88 Å². The molecular weight excluding hydrogens is 537 g/mol. The molecule has 0 saturated carbocycles. The summed E-state index contributed by atoms with van der Waals surface area (Å²) in [5.41, 5.74) is 1.25. The second-order valence-electron chi connectivity index (χ2n) is 10.4. The highest BCUT2D eigenvalue weighted by Gasteiger charge is 2.27. The normalized spacial score (nSPS) is 14.4. The number of anilines is 1. The quantitative estimate of drug-likeness (QED) is 0.133. The Labute approximate surface area is 240 Å². The standard InChI is InChI=1S/C30H37Cl2N3O4/c1-4-30(2,3)29(36)39-21-38-27-13-11-22-10-12-23(20-25(22)33-27)37-19-6-5-14-34-15-17-35(18-16-34)26-9-7-8-24(31)28(26)32/h7-13,20H,4-6,14-19,21H2,1-3H3. The topological polar surface area (TPSA) is 64.1 Å². The highest BCUT2D eigenvalue weighted by Crippen LogP contribution is 2.33. The third kappa shape index (κ3) is 7.90. The third-order valence-electron chi connectivity index (χ3n) is 7.25. The fourth-order valence-electron chi connectivity index (χ4n) is 4.31. The third-order valence-corrected chi connectivity index (χ3v) is 8.06. The molecule has 2 aromatic carbocycles. The van der Waals surface area contributed by atoms with E-state index in [-0.39, 0.29) is 12.8 Å². The number of hydrogen-bond acceptors (Lipinski definition) is 7. The van der Waals surface area contributed by atoms with Crippen LogP contribution in [0.5, 0.6) is 11.6 Å². The molecular formula is C30H37Cl2N3O4. The van der Waals surface area contributed by atoms with Crippen LogP contribution in [0.3, 0.4) is 0 Å². The van der Waals surface area contributed by atoms with Crippen molar-refractivity contribution < 1.29 is 19.0 Å². The summed E-state index contributed by atoms with van der Waals surface area (Å²) in [5, 5.41) is 2.22. The predicted molar refractivity (Wildman–Crippen MR) is 157 cm³/mol. The molecule has 1 aromatic heterocycles. The lowest BCUT2D eigenvalue weighted by Crippen LogP contribution is -2.46. The lowest BCUT2D eigenvalue weighted by molar-refractivity contribution is -0.161. The number of rotatable bonds is 12. The van der Waals surface area contributed by atoms with E-state index in [1.165, 1.54) is 0 Å². The van der Waals surface area contributed by atoms with Crippen molar-refractivity contribution in [1.29, 1.82) is 0 Å². The van der Waals surface area contributed by atoms with Crippen LogP contribution in [0, 0.1) is 5.41 Å². The first-order valence-corrected chi connectivity index (χ1v) is 14.3. The van der Waals surface area contributed by atoms with Gasteiger partial charge in [0.2, 0.25) is 12.7 Å². The molecule has 0 unspecified atom stereocenters. The van der Waals surface area contributed by atoms with Gasteiger partial charge in [-0.2, -0.15) is 0 Å². The zero-order chi connectivity index (χ0) is 27.8. The molecule has 7 nitrogen and oxygen atoms in total. The number of piperazine rings is 1. The van der Waals surface area contributed by atoms with E-state index >= 15 is 0 Å². The molecule has 2 heterocycles. The molecule has 9 heteroatoms. The number of carbonyl (C=O) groups excluding carboxylic acids is 1. The maximum Gasteiger partial charge on any atom is 0.314 e. The minimum atomic E-state index is -0.534. The van der Waals surface area contributed by atoms with E-state index in [0.29, 0.717) is 29.0 Å². The van der Waals surface area contributed by atoms with Crippen molar-refractivity contribution in [2.75, 3.05) is 51.0 Å². The molecule has 1 aliphatic rings. The van der Waals surface area contributed by atoms with Crippen LogP contribution in [0.4, 0.5) is 5.69 Å². The first kappa shape index (κ1) is 29.2. The monoisotopic (exact) mass is 573 g/mol. The second-order valence-corrected chi connectivity index (χ2v) is 11.2. The average Bonchev–Trinajstić information content (AvgIpc) is 2.94. The Morgan fingerprint density at radius 2 is 1.77 bits per heavy atom. The van der Waals surface area contributed by atoms with Crippen molar-refractivity contribution in [3.05, 3.63) is 58.6 Å². The fourth-order valence-corrected chi connectivity index (χ4v) is 4.72. The largest absolute Gasteiger partial charge is 0.494 e. The summed E-state index contributed by atoms with van der Waals surface area (Å²) in [6.07, 6.45) is 2.73. The van der Waals surface area contributed by atoms with Crippen LogP contribution in [0.2, 0.25) is 10.0 Å². The zero-order valence-corrected chi connectivity index (χ0v) is 24.4. The maximum atomic E-state index is 12.1. The van der Waals surface area contributed by atoms with Gasteiger partial charge in [0.25, 0.3) is 0 Å². The van der Waals surface area contributed by atoms with Gasteiger partial charge in [0.15, 0.2) is 0 Å². The van der Waals surface area contributed by atoms with Gasteiger partial charge in [-0.1, -0.05) is 36.2 Å². The number of hydrogen-bond donors (Lipinski definition) is 0. The van der Waals surface area contributed by atoms with Crippen molar-refractivity contribution in [3.63, 3.8) is 0 Å². The molecule has 0 radical (unpaired) electrons. The van der Waals surface area contributed by atoms with E-state index in [2.05, 4.69) is 14.8 Å². The number of ether oxygens (including phenoxy) is 3. The average molecular weight is 575 g/mol. The summed E-state index contributed by atoms with van der Waals surface area (Å²) in [6, 6.07) is 15.4. The first-order chi connectivity index (χ1) is 18.8. The highest BCUT2D eigenvalue weighted by molar-refractivity contribution is 6.43. The Bertz CT molecular complexity index is 1260. The zero-order valence-electron chi connectivity index (χ0n) is 22.9. The number of unbranched alkanes of at least 4 members (excludes halogenated alkanes) is 1. The Balaban J connectivity index is 1.17. The molecule has 1 saturated heterocycles. The molecule has 0 aliphatic carbocycles. The van der Waals surface area contributed by atoms with Crippen LogP contribution in [0.1, 0.15) is 40.0 Å². The fraction of sp³-hybridized carbons (Fsp3) is 0.467. The predicted octanol–water partition coefficient (Wildman–Crippen LogP) is 6.84. The summed E-state index contributed by atoms with van der Waals surface area (Å²) in [6.45, 7) is 11.0. The number of halogens is 2. The number of nitrogens with zero attached hydrogens (tertiary/aromatic N) is 3. The number of fused-ring (bicyclic) bond motifs is 1. The summed E-state index contributed by atoms with van der Waals surface area (Å²) < 4.78 is 16.8. The number of carbonyl (C=O) groups is 1. The smallest absolute Gasteiger partial charge is 0.314 e. The van der Waals surface area contributed by atoms with E-state index in [9.17, 15) is 4.79 Å². The van der Waals surface area contributed by atoms with Crippen LogP contribution in [-0.4, -0.2) is 62.0 Å². The summed E-state index contributed by atoms with van der Waals surface area (Å²) in [4.78, 5) is 21.4. The number of pyridine rings is 1. The molecule has 4 rings (SSSR count). The molecule has 0 N–H and O–H groups in total. The number of aromatic nitrogens is 1. The van der Waals surface area contributed by atoms with Gasteiger partial charge in [-0.3, -0.25) is 9.69 Å². The Kier molecular flexibility index (Phi) is 10.2. The highest BCUT2D eigenvalue weighted by atomic mass is 35.5. The van der Waals surface area contributed by atoms with Crippen molar-refractivity contribution in [2.45, 2.75) is 40.0 Å². The van der Waals surface area contributed by atoms with Crippen LogP contribution < -0.4 is 14.4 Å². The van der Waals surface area contributed by atoms with Crippen molar-refractivity contribution in [2.24, 2.45) is 5.41 Å². The van der Waals surface area contributed by atoms with E-state index in [0.717, 1.165) is 67.9 Å². The molecule has 210 valence electrons. The molecule has 0 atom stereocenters. The van der Waals surface area contributed by atoms with Crippen LogP contribution in [0.15, 0.2) is 48.5 Å². The molecule has 0 bridgehead atoms. The molecule has 0 spiro atoms. The van der Waals surface area contributed by atoms with Crippen LogP contribution >= 0.6 is 23.2 Å². The van der Waals surface area contributed by atoms with Crippen LogP contribution in [-0.2, 0) is 9.53 Å². The molecule has 39 heavy (non-hydrogen) atoms. The summed E-state index contributed by atoms with van der Waals surface area (Å²) >= 11 is 12.6. The second kappa shape index (κ2) is 13.6. The van der Waals surface area contributed by atoms with Crippen LogP contribution in [0.25, 0.3) is 10.9 Å². The van der Waals surface area contributed by atoms with Gasteiger partial charge in [-0.25, -0.2) is 4.98 Å². The van der Waals surface area contributed by atoms with E-state index < -0.39 is 5.41 Å². The van der Waals surface area contributed by atoms with Crippen molar-refractivity contribution in [3.8, 4) is 11.6 Å². The van der Waals surface area contributed by atoms with Gasteiger partial charge in [-0.05, 0) is 70.0 Å². The lowest BCUT2D eigenvalue weighted by Gasteiger charge is -2.36. The minimum Gasteiger partial charge on any atom is -0.494 e. The maximum absolute atomic E-state index is 12.1. The van der Waals surface area contributed by atoms with E-state index in [1.54, 1.807) is 6.07 Å². The van der Waals surface area contributed by atoms with Gasteiger partial charge in [0.1, 0.15) is 5.75 Å². The van der Waals surface area contributed by atoms with E-state index in [1.807, 2.05) is 63.2 Å². The lowest BCUT2D eigenvalue weighted by atomic mass is 9.91. The van der Waals surface area contributed by atoms with Gasteiger partial charge in [-0.15, -0.1) is 0 Å².